The van der Waals surface area contributed by atoms with Gasteiger partial charge in [0.25, 0.3) is 0 Å². The molecule has 94 valence electrons. The van der Waals surface area contributed by atoms with Crippen molar-refractivity contribution >= 4 is 5.69 Å². The molecule has 0 amide bonds. The molecule has 4 nitrogen and oxygen atoms in total. The number of benzene rings is 1. The Bertz CT molecular complexity index is 401. The molecule has 5 heteroatoms. The molecule has 0 aromatic heterocycles. The van der Waals surface area contributed by atoms with E-state index in [1.807, 2.05) is 4.90 Å². The van der Waals surface area contributed by atoms with Crippen LogP contribution in [-0.4, -0.2) is 35.5 Å². The van der Waals surface area contributed by atoms with Crippen LogP contribution in [-0.2, 0) is 0 Å². The fourth-order valence-electron chi connectivity index (χ4n) is 2.14. The number of aliphatic hydroxyl groups excluding tert-OH is 2. The lowest BCUT2D eigenvalue weighted by molar-refractivity contribution is 0.0572. The van der Waals surface area contributed by atoms with Gasteiger partial charge < -0.3 is 20.8 Å². The molecule has 1 fully saturated rings. The van der Waals surface area contributed by atoms with E-state index in [2.05, 4.69) is 0 Å². The van der Waals surface area contributed by atoms with Crippen molar-refractivity contribution < 1.29 is 14.6 Å². The molecule has 3 atom stereocenters. The van der Waals surface area contributed by atoms with Crippen LogP contribution in [0.2, 0.25) is 0 Å². The van der Waals surface area contributed by atoms with E-state index in [0.29, 0.717) is 18.7 Å². The highest BCUT2D eigenvalue weighted by Crippen LogP contribution is 2.29. The molecule has 0 radical (unpaired) electrons. The number of aliphatic hydroxyl groups is 2. The van der Waals surface area contributed by atoms with Gasteiger partial charge in [-0.25, -0.2) is 4.39 Å². The van der Waals surface area contributed by atoms with Gasteiger partial charge in [0.05, 0.1) is 12.2 Å². The molecule has 0 bridgehead atoms. The summed E-state index contributed by atoms with van der Waals surface area (Å²) >= 11 is 0. The lowest BCUT2D eigenvalue weighted by Gasteiger charge is -2.23. The second-order valence-corrected chi connectivity index (χ2v) is 4.53. The maximum atomic E-state index is 13.2. The second-order valence-electron chi connectivity index (χ2n) is 4.53. The summed E-state index contributed by atoms with van der Waals surface area (Å²) in [6.07, 6.45) is -1.53. The molecule has 1 aromatic rings. The first-order chi connectivity index (χ1) is 7.99. The third kappa shape index (κ3) is 2.41. The Morgan fingerprint density at radius 3 is 2.47 bits per heavy atom. The number of β-amino-alcohol motifs (C(OH)–C–C–N with tert-alkyl or cyclic N) is 2. The summed E-state index contributed by atoms with van der Waals surface area (Å²) in [6, 6.07) is 4.10. The van der Waals surface area contributed by atoms with Crippen LogP contribution in [0, 0.1) is 5.82 Å². The maximum Gasteiger partial charge on any atom is 0.123 e. The van der Waals surface area contributed by atoms with E-state index in [1.165, 1.54) is 12.1 Å². The van der Waals surface area contributed by atoms with Crippen molar-refractivity contribution in [2.45, 2.75) is 25.2 Å². The first-order valence-corrected chi connectivity index (χ1v) is 5.65. The van der Waals surface area contributed by atoms with Crippen molar-refractivity contribution in [2.24, 2.45) is 5.73 Å². The molecule has 0 spiro atoms. The summed E-state index contributed by atoms with van der Waals surface area (Å²) in [5.41, 5.74) is 7.26. The fraction of sp³-hybridized carbons (Fsp3) is 0.500. The van der Waals surface area contributed by atoms with Gasteiger partial charge in [0, 0.05) is 24.8 Å². The van der Waals surface area contributed by atoms with E-state index < -0.39 is 12.2 Å². The summed E-state index contributed by atoms with van der Waals surface area (Å²) in [7, 11) is 0. The van der Waals surface area contributed by atoms with Gasteiger partial charge in [-0.1, -0.05) is 0 Å². The first-order valence-electron chi connectivity index (χ1n) is 5.65. The lowest BCUT2D eigenvalue weighted by atomic mass is 10.1. The average molecular weight is 240 g/mol. The van der Waals surface area contributed by atoms with Crippen LogP contribution in [0.4, 0.5) is 10.1 Å². The smallest absolute Gasteiger partial charge is 0.123 e. The van der Waals surface area contributed by atoms with Crippen LogP contribution in [0.3, 0.4) is 0 Å². The average Bonchev–Trinajstić information content (AvgIpc) is 2.59. The minimum absolute atomic E-state index is 0.296. The van der Waals surface area contributed by atoms with Gasteiger partial charge in [-0.2, -0.15) is 0 Å². The monoisotopic (exact) mass is 240 g/mol. The van der Waals surface area contributed by atoms with Crippen LogP contribution >= 0.6 is 0 Å². The van der Waals surface area contributed by atoms with Crippen molar-refractivity contribution in [2.75, 3.05) is 18.0 Å². The van der Waals surface area contributed by atoms with Crippen molar-refractivity contribution in [1.29, 1.82) is 0 Å². The van der Waals surface area contributed by atoms with Crippen LogP contribution in [0.15, 0.2) is 18.2 Å². The highest BCUT2D eigenvalue weighted by atomic mass is 19.1. The molecule has 0 aliphatic carbocycles. The van der Waals surface area contributed by atoms with Crippen LogP contribution in [0.1, 0.15) is 18.5 Å². The van der Waals surface area contributed by atoms with Gasteiger partial charge in [0.15, 0.2) is 0 Å². The molecule has 2 unspecified atom stereocenters. The molecular formula is C12H17FN2O2. The Morgan fingerprint density at radius 2 is 1.94 bits per heavy atom. The molecule has 2 rings (SSSR count). The summed E-state index contributed by atoms with van der Waals surface area (Å²) < 4.78 is 13.2. The van der Waals surface area contributed by atoms with Crippen molar-refractivity contribution in [1.82, 2.24) is 0 Å². The Hall–Kier alpha value is -1.17. The predicted octanol–water partition coefficient (Wildman–Crippen LogP) is 0.387. The highest BCUT2D eigenvalue weighted by molar-refractivity contribution is 5.56. The van der Waals surface area contributed by atoms with Crippen LogP contribution in [0.5, 0.6) is 0 Å². The Labute approximate surface area is 99.5 Å². The summed E-state index contributed by atoms with van der Waals surface area (Å²) in [4.78, 5) is 1.83. The summed E-state index contributed by atoms with van der Waals surface area (Å²) in [5.74, 6) is -0.332. The van der Waals surface area contributed by atoms with E-state index in [9.17, 15) is 14.6 Å². The van der Waals surface area contributed by atoms with E-state index in [4.69, 9.17) is 5.73 Å². The predicted molar refractivity (Wildman–Crippen MR) is 63.2 cm³/mol. The number of halogens is 1. The Kier molecular flexibility index (Phi) is 3.33. The summed E-state index contributed by atoms with van der Waals surface area (Å²) in [6.45, 7) is 2.46. The lowest BCUT2D eigenvalue weighted by Crippen LogP contribution is -2.24. The molecule has 4 N–H and O–H groups in total. The van der Waals surface area contributed by atoms with Crippen LogP contribution < -0.4 is 10.6 Å². The number of nitrogens with two attached hydrogens (primary N) is 1. The van der Waals surface area contributed by atoms with Gasteiger partial charge in [0.2, 0.25) is 0 Å². The van der Waals surface area contributed by atoms with Gasteiger partial charge in [-0.3, -0.25) is 0 Å². The van der Waals surface area contributed by atoms with Crippen molar-refractivity contribution in [3.05, 3.63) is 29.6 Å². The molecule has 1 saturated heterocycles. The number of hydrogen-bond donors (Lipinski definition) is 3. The SMILES string of the molecule is C[C@@H](N)c1cc(F)ccc1N1CC(O)C(O)C1. The van der Waals surface area contributed by atoms with Gasteiger partial charge in [-0.15, -0.1) is 0 Å². The molecule has 0 saturated carbocycles. The number of hydrogen-bond acceptors (Lipinski definition) is 4. The third-order valence-electron chi connectivity index (χ3n) is 3.08. The normalized spacial score (nSPS) is 26.3. The Morgan fingerprint density at radius 1 is 1.35 bits per heavy atom. The largest absolute Gasteiger partial charge is 0.389 e. The van der Waals surface area contributed by atoms with Gasteiger partial charge in [-0.05, 0) is 30.7 Å². The Balaban J connectivity index is 2.32. The first kappa shape index (κ1) is 12.3. The topological polar surface area (TPSA) is 69.7 Å². The third-order valence-corrected chi connectivity index (χ3v) is 3.08. The van der Waals surface area contributed by atoms with Crippen LogP contribution in [0.25, 0.3) is 0 Å². The van der Waals surface area contributed by atoms with E-state index in [1.54, 1.807) is 13.0 Å². The molecule has 1 aliphatic heterocycles. The van der Waals surface area contributed by atoms with Gasteiger partial charge >= 0.3 is 0 Å². The number of anilines is 1. The maximum absolute atomic E-state index is 13.2. The minimum Gasteiger partial charge on any atom is -0.389 e. The molecule has 1 aliphatic rings. The number of nitrogens with zero attached hydrogens (tertiary/aromatic N) is 1. The minimum atomic E-state index is -0.763. The standard InChI is InChI=1S/C12H17FN2O2/c1-7(14)9-4-8(13)2-3-10(9)15-5-11(16)12(17)6-15/h2-4,7,11-12,16-17H,5-6,14H2,1H3/t7-,11?,12?/m1/s1. The molecule has 1 heterocycles. The zero-order chi connectivity index (χ0) is 12.6. The van der Waals surface area contributed by atoms with E-state index >= 15 is 0 Å². The van der Waals surface area contributed by atoms with E-state index in [0.717, 1.165) is 5.69 Å². The van der Waals surface area contributed by atoms with Crippen molar-refractivity contribution in [3.8, 4) is 0 Å². The van der Waals surface area contributed by atoms with Gasteiger partial charge in [0.1, 0.15) is 5.82 Å². The molecular weight excluding hydrogens is 223 g/mol. The van der Waals surface area contributed by atoms with Crippen molar-refractivity contribution in [3.63, 3.8) is 0 Å². The fourth-order valence-corrected chi connectivity index (χ4v) is 2.14. The number of rotatable bonds is 2. The summed E-state index contributed by atoms with van der Waals surface area (Å²) in [5, 5.41) is 19.0. The highest BCUT2D eigenvalue weighted by Gasteiger charge is 2.31. The van der Waals surface area contributed by atoms with E-state index in [-0.39, 0.29) is 11.9 Å². The zero-order valence-electron chi connectivity index (χ0n) is 9.68. The molecule has 1 aromatic carbocycles. The quantitative estimate of drug-likeness (QED) is 0.699. The zero-order valence-corrected chi connectivity index (χ0v) is 9.68. The second kappa shape index (κ2) is 4.60. The molecule has 17 heavy (non-hydrogen) atoms.